The van der Waals surface area contributed by atoms with Gasteiger partial charge in [-0.2, -0.15) is 0 Å². The van der Waals surface area contributed by atoms with Gasteiger partial charge in [0.25, 0.3) is 0 Å². The zero-order valence-electron chi connectivity index (χ0n) is 11.4. The maximum Gasteiger partial charge on any atom is 0.145 e. The number of aliphatic hydroxyl groups excluding tert-OH is 1. The van der Waals surface area contributed by atoms with Gasteiger partial charge in [0.15, 0.2) is 0 Å². The van der Waals surface area contributed by atoms with Gasteiger partial charge in [-0.1, -0.05) is 29.3 Å². The van der Waals surface area contributed by atoms with Gasteiger partial charge in [0.05, 0.1) is 30.1 Å². The first-order valence-corrected chi connectivity index (χ1v) is 7.61. The molecule has 5 heteroatoms. The first-order chi connectivity index (χ1) is 10.2. The molecule has 1 heterocycles. The van der Waals surface area contributed by atoms with Gasteiger partial charge >= 0.3 is 0 Å². The Kier molecular flexibility index (Phi) is 4.34. The monoisotopic (exact) mass is 323 g/mol. The minimum Gasteiger partial charge on any atom is -0.491 e. The number of halogens is 2. The van der Waals surface area contributed by atoms with Crippen molar-refractivity contribution in [2.24, 2.45) is 5.92 Å². The molecule has 1 saturated carbocycles. The summed E-state index contributed by atoms with van der Waals surface area (Å²) in [5.41, 5.74) is 2.23. The van der Waals surface area contributed by atoms with Gasteiger partial charge < -0.3 is 9.84 Å². The van der Waals surface area contributed by atoms with Crippen LogP contribution in [0.25, 0.3) is 11.1 Å². The molecule has 0 atom stereocenters. The molecule has 1 aromatic heterocycles. The standard InChI is InChI=1S/C16H15Cl2NO2/c17-11-3-4-13(15(18)5-11)14-6-12(8-20)19-7-16(14)21-9-10-1-2-10/h3-7,10,20H,1-2,8-9H2. The van der Waals surface area contributed by atoms with Crippen LogP contribution in [-0.2, 0) is 6.61 Å². The second-order valence-electron chi connectivity index (χ2n) is 5.21. The highest BCUT2D eigenvalue weighted by Gasteiger charge is 2.23. The Hall–Kier alpha value is -1.29. The van der Waals surface area contributed by atoms with Gasteiger partial charge in [-0.15, -0.1) is 0 Å². The van der Waals surface area contributed by atoms with E-state index in [1.165, 1.54) is 12.8 Å². The topological polar surface area (TPSA) is 42.4 Å². The smallest absolute Gasteiger partial charge is 0.145 e. The van der Waals surface area contributed by atoms with Crippen LogP contribution in [0.4, 0.5) is 0 Å². The van der Waals surface area contributed by atoms with E-state index in [9.17, 15) is 5.11 Å². The molecule has 0 radical (unpaired) electrons. The van der Waals surface area contributed by atoms with Crippen LogP contribution in [0.2, 0.25) is 10.0 Å². The molecule has 21 heavy (non-hydrogen) atoms. The predicted molar refractivity (Wildman–Crippen MR) is 83.8 cm³/mol. The Labute approximate surface area is 133 Å². The Morgan fingerprint density at radius 2 is 2.00 bits per heavy atom. The average molecular weight is 324 g/mol. The summed E-state index contributed by atoms with van der Waals surface area (Å²) in [6.45, 7) is 0.569. The average Bonchev–Trinajstić information content (AvgIpc) is 3.29. The molecule has 2 aromatic rings. The molecule has 0 unspecified atom stereocenters. The van der Waals surface area contributed by atoms with Crippen molar-refractivity contribution in [3.05, 3.63) is 46.2 Å². The van der Waals surface area contributed by atoms with Crippen molar-refractivity contribution in [3.63, 3.8) is 0 Å². The van der Waals surface area contributed by atoms with Gasteiger partial charge in [0.1, 0.15) is 5.75 Å². The number of aliphatic hydroxyl groups is 1. The lowest BCUT2D eigenvalue weighted by Crippen LogP contribution is -2.02. The van der Waals surface area contributed by atoms with Crippen molar-refractivity contribution < 1.29 is 9.84 Å². The largest absolute Gasteiger partial charge is 0.491 e. The molecule has 1 aliphatic rings. The molecular weight excluding hydrogens is 309 g/mol. The van der Waals surface area contributed by atoms with E-state index in [2.05, 4.69) is 4.98 Å². The third-order valence-electron chi connectivity index (χ3n) is 3.48. The minimum absolute atomic E-state index is 0.124. The Bertz CT molecular complexity index is 657. The molecule has 1 fully saturated rings. The molecule has 1 aliphatic carbocycles. The summed E-state index contributed by atoms with van der Waals surface area (Å²) in [5, 5.41) is 10.4. The van der Waals surface area contributed by atoms with E-state index < -0.39 is 0 Å². The Balaban J connectivity index is 1.99. The summed E-state index contributed by atoms with van der Waals surface area (Å²) in [5.74, 6) is 1.33. The van der Waals surface area contributed by atoms with Gasteiger partial charge in [0.2, 0.25) is 0 Å². The normalized spacial score (nSPS) is 14.2. The van der Waals surface area contributed by atoms with Crippen LogP contribution in [0.15, 0.2) is 30.5 Å². The zero-order valence-corrected chi connectivity index (χ0v) is 12.9. The number of nitrogens with zero attached hydrogens (tertiary/aromatic N) is 1. The predicted octanol–water partition coefficient (Wildman–Crippen LogP) is 4.34. The first kappa shape index (κ1) is 14.6. The first-order valence-electron chi connectivity index (χ1n) is 6.85. The van der Waals surface area contributed by atoms with E-state index in [-0.39, 0.29) is 6.61 Å². The molecule has 3 nitrogen and oxygen atoms in total. The van der Waals surface area contributed by atoms with Crippen molar-refractivity contribution in [2.75, 3.05) is 6.61 Å². The minimum atomic E-state index is -0.124. The second-order valence-corrected chi connectivity index (χ2v) is 6.05. The summed E-state index contributed by atoms with van der Waals surface area (Å²) in [6, 6.07) is 7.14. The van der Waals surface area contributed by atoms with E-state index in [0.717, 1.165) is 11.1 Å². The van der Waals surface area contributed by atoms with Crippen molar-refractivity contribution in [3.8, 4) is 16.9 Å². The van der Waals surface area contributed by atoms with E-state index in [4.69, 9.17) is 27.9 Å². The maximum absolute atomic E-state index is 9.28. The fourth-order valence-corrected chi connectivity index (χ4v) is 2.61. The highest BCUT2D eigenvalue weighted by Crippen LogP contribution is 2.37. The van der Waals surface area contributed by atoms with Crippen LogP contribution in [0, 0.1) is 5.92 Å². The lowest BCUT2D eigenvalue weighted by atomic mass is 10.0. The highest BCUT2D eigenvalue weighted by molar-refractivity contribution is 6.36. The van der Waals surface area contributed by atoms with Crippen molar-refractivity contribution in [2.45, 2.75) is 19.4 Å². The third kappa shape index (κ3) is 3.49. The van der Waals surface area contributed by atoms with Crippen LogP contribution >= 0.6 is 23.2 Å². The van der Waals surface area contributed by atoms with E-state index in [0.29, 0.717) is 34.0 Å². The van der Waals surface area contributed by atoms with Gasteiger partial charge in [0, 0.05) is 16.1 Å². The highest BCUT2D eigenvalue weighted by atomic mass is 35.5. The molecular formula is C16H15Cl2NO2. The zero-order chi connectivity index (χ0) is 14.8. The quantitative estimate of drug-likeness (QED) is 0.890. The van der Waals surface area contributed by atoms with E-state index in [1.54, 1.807) is 24.4 Å². The fourth-order valence-electron chi connectivity index (χ4n) is 2.10. The summed E-state index contributed by atoms with van der Waals surface area (Å²) in [4.78, 5) is 4.18. The van der Waals surface area contributed by atoms with Crippen molar-refractivity contribution in [1.82, 2.24) is 4.98 Å². The molecule has 0 spiro atoms. The van der Waals surface area contributed by atoms with Crippen molar-refractivity contribution in [1.29, 1.82) is 0 Å². The van der Waals surface area contributed by atoms with Gasteiger partial charge in [-0.3, -0.25) is 4.98 Å². The number of benzene rings is 1. The van der Waals surface area contributed by atoms with Crippen LogP contribution in [0.3, 0.4) is 0 Å². The number of ether oxygens (including phenoxy) is 1. The number of pyridine rings is 1. The number of rotatable bonds is 5. The molecule has 1 aromatic carbocycles. The second kappa shape index (κ2) is 6.22. The molecule has 0 amide bonds. The van der Waals surface area contributed by atoms with Gasteiger partial charge in [-0.25, -0.2) is 0 Å². The number of aromatic nitrogens is 1. The Morgan fingerprint density at radius 1 is 1.19 bits per heavy atom. The van der Waals surface area contributed by atoms with Crippen LogP contribution in [-0.4, -0.2) is 16.7 Å². The summed E-state index contributed by atoms with van der Waals surface area (Å²) in [7, 11) is 0. The molecule has 0 saturated heterocycles. The van der Waals surface area contributed by atoms with E-state index in [1.807, 2.05) is 6.07 Å². The molecule has 0 bridgehead atoms. The maximum atomic E-state index is 9.28. The third-order valence-corrected chi connectivity index (χ3v) is 4.03. The summed E-state index contributed by atoms with van der Waals surface area (Å²) in [6.07, 6.45) is 4.09. The SMILES string of the molecule is OCc1cc(-c2ccc(Cl)cc2Cl)c(OCC2CC2)cn1. The lowest BCUT2D eigenvalue weighted by Gasteiger charge is -2.13. The molecule has 1 N–H and O–H groups in total. The number of hydrogen-bond acceptors (Lipinski definition) is 3. The number of hydrogen-bond donors (Lipinski definition) is 1. The van der Waals surface area contributed by atoms with E-state index >= 15 is 0 Å². The summed E-state index contributed by atoms with van der Waals surface area (Å²) < 4.78 is 5.86. The molecule has 0 aliphatic heterocycles. The van der Waals surface area contributed by atoms with Crippen LogP contribution in [0.1, 0.15) is 18.5 Å². The summed E-state index contributed by atoms with van der Waals surface area (Å²) >= 11 is 12.2. The molecule has 3 rings (SSSR count). The fraction of sp³-hybridized carbons (Fsp3) is 0.312. The van der Waals surface area contributed by atoms with Gasteiger partial charge in [-0.05, 0) is 37.0 Å². The van der Waals surface area contributed by atoms with Crippen LogP contribution in [0.5, 0.6) is 5.75 Å². The molecule has 110 valence electrons. The lowest BCUT2D eigenvalue weighted by molar-refractivity contribution is 0.275. The van der Waals surface area contributed by atoms with Crippen molar-refractivity contribution >= 4 is 23.2 Å². The Morgan fingerprint density at radius 3 is 2.67 bits per heavy atom. The van der Waals surface area contributed by atoms with Crippen LogP contribution < -0.4 is 4.74 Å².